The first kappa shape index (κ1) is 19.9. The van der Waals surface area contributed by atoms with Crippen LogP contribution in [-0.2, 0) is 16.1 Å². The number of thioether (sulfide) groups is 1. The Bertz CT molecular complexity index is 852. The van der Waals surface area contributed by atoms with Gasteiger partial charge < -0.3 is 9.64 Å². The summed E-state index contributed by atoms with van der Waals surface area (Å²) in [6.07, 6.45) is 2.97. The third kappa shape index (κ3) is 4.90. The van der Waals surface area contributed by atoms with E-state index < -0.39 is 0 Å². The number of aromatic nitrogens is 2. The van der Waals surface area contributed by atoms with E-state index in [2.05, 4.69) is 11.9 Å². The molecule has 6 nitrogen and oxygen atoms in total. The lowest BCUT2D eigenvalue weighted by Gasteiger charge is -2.30. The molecule has 1 atom stereocenters. The van der Waals surface area contributed by atoms with Crippen LogP contribution < -0.4 is 5.56 Å². The SMILES string of the molecule is COCCCn1c(SCC(=O)N2CCC[C@H](C)C2)nc2ccccc2c1=O. The number of nitrogens with zero attached hydrogens (tertiary/aromatic N) is 3. The zero-order valence-corrected chi connectivity index (χ0v) is 16.8. The lowest BCUT2D eigenvalue weighted by molar-refractivity contribution is -0.130. The second-order valence-electron chi connectivity index (χ2n) is 7.09. The van der Waals surface area contributed by atoms with E-state index in [1.165, 1.54) is 18.2 Å². The molecule has 1 aromatic heterocycles. The van der Waals surface area contributed by atoms with E-state index in [-0.39, 0.29) is 11.5 Å². The number of carbonyl (C=O) groups excluding carboxylic acids is 1. The van der Waals surface area contributed by atoms with Crippen LogP contribution in [0.15, 0.2) is 34.2 Å². The Kier molecular flexibility index (Phi) is 6.90. The monoisotopic (exact) mass is 389 g/mol. The third-order valence-electron chi connectivity index (χ3n) is 4.89. The number of ether oxygens (including phenoxy) is 1. The maximum absolute atomic E-state index is 12.9. The first-order valence-electron chi connectivity index (χ1n) is 9.49. The quantitative estimate of drug-likeness (QED) is 0.414. The summed E-state index contributed by atoms with van der Waals surface area (Å²) < 4.78 is 6.79. The molecule has 1 amide bonds. The zero-order chi connectivity index (χ0) is 19.2. The van der Waals surface area contributed by atoms with Crippen LogP contribution >= 0.6 is 11.8 Å². The summed E-state index contributed by atoms with van der Waals surface area (Å²) in [5.41, 5.74) is 0.616. The normalized spacial score (nSPS) is 17.4. The molecule has 2 aromatic rings. The molecule has 0 N–H and O–H groups in total. The van der Waals surface area contributed by atoms with Gasteiger partial charge >= 0.3 is 0 Å². The Balaban J connectivity index is 1.80. The number of para-hydroxylation sites is 1. The van der Waals surface area contributed by atoms with E-state index in [1.54, 1.807) is 17.7 Å². The maximum Gasteiger partial charge on any atom is 0.262 e. The summed E-state index contributed by atoms with van der Waals surface area (Å²) in [5, 5.41) is 1.21. The predicted molar refractivity (Wildman–Crippen MR) is 108 cm³/mol. The van der Waals surface area contributed by atoms with Crippen molar-refractivity contribution < 1.29 is 9.53 Å². The van der Waals surface area contributed by atoms with Crippen molar-refractivity contribution in [3.63, 3.8) is 0 Å². The fourth-order valence-corrected chi connectivity index (χ4v) is 4.38. The van der Waals surface area contributed by atoms with Crippen LogP contribution in [0, 0.1) is 5.92 Å². The Morgan fingerprint density at radius 3 is 2.96 bits per heavy atom. The molecule has 2 heterocycles. The van der Waals surface area contributed by atoms with Gasteiger partial charge in [-0.05, 0) is 37.3 Å². The van der Waals surface area contributed by atoms with E-state index in [0.717, 1.165) is 25.9 Å². The minimum atomic E-state index is -0.0572. The van der Waals surface area contributed by atoms with Crippen molar-refractivity contribution in [2.45, 2.75) is 37.9 Å². The second-order valence-corrected chi connectivity index (χ2v) is 8.03. The van der Waals surface area contributed by atoms with Crippen LogP contribution in [0.2, 0.25) is 0 Å². The third-order valence-corrected chi connectivity index (χ3v) is 5.85. The number of rotatable bonds is 7. The molecule has 0 spiro atoms. The number of benzene rings is 1. The number of methoxy groups -OCH3 is 1. The maximum atomic E-state index is 12.9. The highest BCUT2D eigenvalue weighted by Gasteiger charge is 2.21. The summed E-state index contributed by atoms with van der Waals surface area (Å²) in [6, 6.07) is 7.36. The van der Waals surface area contributed by atoms with Gasteiger partial charge in [0.2, 0.25) is 5.91 Å². The minimum Gasteiger partial charge on any atom is -0.385 e. The summed E-state index contributed by atoms with van der Waals surface area (Å²) in [5.74, 6) is 0.984. The minimum absolute atomic E-state index is 0.0572. The second kappa shape index (κ2) is 9.37. The molecule has 1 aromatic carbocycles. The number of piperidine rings is 1. The first-order valence-corrected chi connectivity index (χ1v) is 10.5. The Morgan fingerprint density at radius 2 is 2.19 bits per heavy atom. The van der Waals surface area contributed by atoms with Gasteiger partial charge in [-0.25, -0.2) is 4.98 Å². The van der Waals surface area contributed by atoms with Crippen molar-refractivity contribution in [1.82, 2.24) is 14.5 Å². The molecule has 1 aliphatic rings. The molecular weight excluding hydrogens is 362 g/mol. The molecular formula is C20H27N3O3S. The van der Waals surface area contributed by atoms with Gasteiger partial charge in [-0.3, -0.25) is 14.2 Å². The molecule has 3 rings (SSSR count). The van der Waals surface area contributed by atoms with Crippen molar-refractivity contribution in [3.8, 4) is 0 Å². The van der Waals surface area contributed by atoms with E-state index in [0.29, 0.717) is 40.9 Å². The molecule has 0 unspecified atom stereocenters. The number of amides is 1. The Labute approximate surface area is 163 Å². The zero-order valence-electron chi connectivity index (χ0n) is 16.0. The smallest absolute Gasteiger partial charge is 0.262 e. The van der Waals surface area contributed by atoms with E-state index in [9.17, 15) is 9.59 Å². The highest BCUT2D eigenvalue weighted by atomic mass is 32.2. The van der Waals surface area contributed by atoms with Crippen LogP contribution in [0.4, 0.5) is 0 Å². The van der Waals surface area contributed by atoms with Crippen molar-refractivity contribution in [2.24, 2.45) is 5.92 Å². The van der Waals surface area contributed by atoms with Crippen LogP contribution in [0.1, 0.15) is 26.2 Å². The fourth-order valence-electron chi connectivity index (χ4n) is 3.46. The molecule has 0 radical (unpaired) electrons. The van der Waals surface area contributed by atoms with Crippen molar-refractivity contribution in [1.29, 1.82) is 0 Å². The van der Waals surface area contributed by atoms with Crippen LogP contribution in [0.5, 0.6) is 0 Å². The van der Waals surface area contributed by atoms with Gasteiger partial charge in [-0.2, -0.15) is 0 Å². The first-order chi connectivity index (χ1) is 13.1. The molecule has 0 saturated carbocycles. The fraction of sp³-hybridized carbons (Fsp3) is 0.550. The lowest BCUT2D eigenvalue weighted by Crippen LogP contribution is -2.40. The van der Waals surface area contributed by atoms with Crippen LogP contribution in [0.25, 0.3) is 10.9 Å². The van der Waals surface area contributed by atoms with Crippen molar-refractivity contribution in [2.75, 3.05) is 32.6 Å². The molecule has 0 aliphatic carbocycles. The van der Waals surface area contributed by atoms with Gasteiger partial charge in [0.25, 0.3) is 5.56 Å². The number of hydrogen-bond acceptors (Lipinski definition) is 5. The number of hydrogen-bond donors (Lipinski definition) is 0. The molecule has 7 heteroatoms. The van der Waals surface area contributed by atoms with Crippen LogP contribution in [0.3, 0.4) is 0 Å². The highest BCUT2D eigenvalue weighted by molar-refractivity contribution is 7.99. The van der Waals surface area contributed by atoms with Crippen LogP contribution in [-0.4, -0.2) is 52.9 Å². The van der Waals surface area contributed by atoms with Gasteiger partial charge in [0.1, 0.15) is 0 Å². The average Bonchev–Trinajstić information content (AvgIpc) is 2.68. The predicted octanol–water partition coefficient (Wildman–Crippen LogP) is 2.78. The molecule has 27 heavy (non-hydrogen) atoms. The van der Waals surface area contributed by atoms with Crippen molar-refractivity contribution >= 4 is 28.6 Å². The van der Waals surface area contributed by atoms with Gasteiger partial charge in [0.05, 0.1) is 16.7 Å². The summed E-state index contributed by atoms with van der Waals surface area (Å²) in [6.45, 7) is 4.95. The van der Waals surface area contributed by atoms with Crippen molar-refractivity contribution in [3.05, 3.63) is 34.6 Å². The summed E-state index contributed by atoms with van der Waals surface area (Å²) in [7, 11) is 1.65. The number of carbonyl (C=O) groups is 1. The molecule has 1 aliphatic heterocycles. The highest BCUT2D eigenvalue weighted by Crippen LogP contribution is 2.21. The molecule has 146 valence electrons. The summed E-state index contributed by atoms with van der Waals surface area (Å²) >= 11 is 1.36. The summed E-state index contributed by atoms with van der Waals surface area (Å²) in [4.78, 5) is 32.1. The van der Waals surface area contributed by atoms with E-state index in [1.807, 2.05) is 23.1 Å². The van der Waals surface area contributed by atoms with Gasteiger partial charge in [0, 0.05) is 33.4 Å². The Morgan fingerprint density at radius 1 is 1.37 bits per heavy atom. The van der Waals surface area contributed by atoms with E-state index >= 15 is 0 Å². The number of fused-ring (bicyclic) bond motifs is 1. The number of likely N-dealkylation sites (tertiary alicyclic amines) is 1. The topological polar surface area (TPSA) is 64.4 Å². The van der Waals surface area contributed by atoms with E-state index in [4.69, 9.17) is 4.74 Å². The van der Waals surface area contributed by atoms with Gasteiger partial charge in [-0.15, -0.1) is 0 Å². The Hall–Kier alpha value is -1.86. The average molecular weight is 390 g/mol. The van der Waals surface area contributed by atoms with Gasteiger partial charge in [-0.1, -0.05) is 30.8 Å². The lowest BCUT2D eigenvalue weighted by atomic mass is 10.0. The molecule has 1 fully saturated rings. The molecule has 1 saturated heterocycles. The van der Waals surface area contributed by atoms with Gasteiger partial charge in [0.15, 0.2) is 5.16 Å². The standard InChI is InChI=1S/C20H27N3O3S/c1-15-7-5-10-22(13-15)18(24)14-27-20-21-17-9-4-3-8-16(17)19(25)23(20)11-6-12-26-2/h3-4,8-9,15H,5-7,10-14H2,1-2H3/t15-/m0/s1. The molecule has 0 bridgehead atoms. The largest absolute Gasteiger partial charge is 0.385 e.